The van der Waals surface area contributed by atoms with Gasteiger partial charge in [0.1, 0.15) is 5.41 Å². The lowest BCUT2D eigenvalue weighted by atomic mass is 9.87. The summed E-state index contributed by atoms with van der Waals surface area (Å²) < 4.78 is 0. The van der Waals surface area contributed by atoms with Gasteiger partial charge in [-0.3, -0.25) is 4.79 Å². The highest BCUT2D eigenvalue weighted by atomic mass is 32.1. The van der Waals surface area contributed by atoms with Crippen LogP contribution in [0.2, 0.25) is 0 Å². The molecule has 0 bridgehead atoms. The molecule has 0 aromatic carbocycles. The maximum Gasteiger partial charge on any atom is 0.240 e. The lowest BCUT2D eigenvalue weighted by Crippen LogP contribution is -2.37. The van der Waals surface area contributed by atoms with Gasteiger partial charge in [-0.1, -0.05) is 19.8 Å². The van der Waals surface area contributed by atoms with Crippen molar-refractivity contribution >= 4 is 17.2 Å². The van der Waals surface area contributed by atoms with Crippen LogP contribution in [0.15, 0.2) is 12.1 Å². The molecule has 1 aromatic rings. The first kappa shape index (κ1) is 13.1. The third kappa shape index (κ3) is 2.56. The van der Waals surface area contributed by atoms with Gasteiger partial charge in [-0.15, -0.1) is 11.3 Å². The highest BCUT2D eigenvalue weighted by Crippen LogP contribution is 2.37. The molecule has 2 rings (SSSR count). The number of nitriles is 1. The molecule has 0 unspecified atom stereocenters. The SMILES string of the molecule is CCc1ccc(CNC(=O)C2(C#N)CCCC2)s1. The Morgan fingerprint density at radius 3 is 2.67 bits per heavy atom. The van der Waals surface area contributed by atoms with Gasteiger partial charge in [0.2, 0.25) is 5.91 Å². The fourth-order valence-electron chi connectivity index (χ4n) is 2.41. The number of amides is 1. The van der Waals surface area contributed by atoms with Crippen molar-refractivity contribution in [3.63, 3.8) is 0 Å². The van der Waals surface area contributed by atoms with Crippen molar-refractivity contribution in [2.75, 3.05) is 0 Å². The Morgan fingerprint density at radius 1 is 1.44 bits per heavy atom. The monoisotopic (exact) mass is 262 g/mol. The molecule has 1 saturated carbocycles. The molecule has 3 nitrogen and oxygen atoms in total. The second-order valence-electron chi connectivity index (χ2n) is 4.81. The number of carbonyl (C=O) groups is 1. The molecule has 1 aliphatic carbocycles. The largest absolute Gasteiger partial charge is 0.350 e. The van der Waals surface area contributed by atoms with E-state index in [0.29, 0.717) is 19.4 Å². The molecule has 0 spiro atoms. The van der Waals surface area contributed by atoms with Gasteiger partial charge in [0.25, 0.3) is 0 Å². The van der Waals surface area contributed by atoms with E-state index in [1.165, 1.54) is 4.88 Å². The van der Waals surface area contributed by atoms with E-state index in [0.717, 1.165) is 24.1 Å². The van der Waals surface area contributed by atoms with E-state index in [9.17, 15) is 10.1 Å². The maximum atomic E-state index is 12.1. The maximum absolute atomic E-state index is 12.1. The molecule has 1 amide bonds. The molecule has 1 aliphatic rings. The van der Waals surface area contributed by atoms with Crippen LogP contribution in [-0.2, 0) is 17.8 Å². The lowest BCUT2D eigenvalue weighted by molar-refractivity contribution is -0.128. The molecule has 0 aliphatic heterocycles. The molecule has 0 saturated heterocycles. The first-order chi connectivity index (χ1) is 8.70. The molecule has 0 radical (unpaired) electrons. The van der Waals surface area contributed by atoms with Crippen molar-refractivity contribution in [2.45, 2.75) is 45.6 Å². The van der Waals surface area contributed by atoms with Crippen LogP contribution in [0.5, 0.6) is 0 Å². The highest BCUT2D eigenvalue weighted by molar-refractivity contribution is 7.11. The molecule has 0 atom stereocenters. The highest BCUT2D eigenvalue weighted by Gasteiger charge is 2.41. The number of nitrogens with one attached hydrogen (secondary N) is 1. The number of carbonyl (C=O) groups excluding carboxylic acids is 1. The van der Waals surface area contributed by atoms with E-state index in [1.807, 2.05) is 0 Å². The van der Waals surface area contributed by atoms with Crippen molar-refractivity contribution in [2.24, 2.45) is 5.41 Å². The van der Waals surface area contributed by atoms with Crippen LogP contribution in [0.25, 0.3) is 0 Å². The number of rotatable bonds is 4. The second kappa shape index (κ2) is 5.53. The summed E-state index contributed by atoms with van der Waals surface area (Å²) in [6, 6.07) is 6.37. The van der Waals surface area contributed by atoms with E-state index in [4.69, 9.17) is 0 Å². The Labute approximate surface area is 112 Å². The minimum absolute atomic E-state index is 0.0889. The average molecular weight is 262 g/mol. The van der Waals surface area contributed by atoms with Gasteiger partial charge in [-0.25, -0.2) is 0 Å². The zero-order valence-corrected chi connectivity index (χ0v) is 11.5. The predicted octanol–water partition coefficient (Wildman–Crippen LogP) is 3.01. The molecule has 4 heteroatoms. The van der Waals surface area contributed by atoms with Crippen LogP contribution in [0.3, 0.4) is 0 Å². The Bertz CT molecular complexity index is 466. The van der Waals surface area contributed by atoms with Gasteiger partial charge in [-0.2, -0.15) is 5.26 Å². The summed E-state index contributed by atoms with van der Waals surface area (Å²) in [5, 5.41) is 12.1. The van der Waals surface area contributed by atoms with E-state index >= 15 is 0 Å². The van der Waals surface area contributed by atoms with Crippen LogP contribution in [0, 0.1) is 16.7 Å². The van der Waals surface area contributed by atoms with Crippen molar-refractivity contribution < 1.29 is 4.79 Å². The minimum atomic E-state index is -0.759. The van der Waals surface area contributed by atoms with Gasteiger partial charge < -0.3 is 5.32 Å². The predicted molar refractivity (Wildman–Crippen MR) is 72.1 cm³/mol. The number of thiophene rings is 1. The summed E-state index contributed by atoms with van der Waals surface area (Å²) in [5.74, 6) is -0.0889. The molecular formula is C14H18N2OS. The van der Waals surface area contributed by atoms with E-state index < -0.39 is 5.41 Å². The Kier molecular flexibility index (Phi) is 4.03. The van der Waals surface area contributed by atoms with Crippen LogP contribution >= 0.6 is 11.3 Å². The van der Waals surface area contributed by atoms with Gasteiger partial charge in [0.15, 0.2) is 0 Å². The van der Waals surface area contributed by atoms with E-state index in [2.05, 4.69) is 30.4 Å². The first-order valence-electron chi connectivity index (χ1n) is 6.47. The summed E-state index contributed by atoms with van der Waals surface area (Å²) in [7, 11) is 0. The smallest absolute Gasteiger partial charge is 0.240 e. The lowest BCUT2D eigenvalue weighted by Gasteiger charge is -2.18. The number of hydrogen-bond donors (Lipinski definition) is 1. The Morgan fingerprint density at radius 2 is 2.11 bits per heavy atom. The Hall–Kier alpha value is -1.34. The van der Waals surface area contributed by atoms with Crippen molar-refractivity contribution in [3.05, 3.63) is 21.9 Å². The molecule has 96 valence electrons. The zero-order chi connectivity index (χ0) is 13.0. The molecular weight excluding hydrogens is 244 g/mol. The third-order valence-corrected chi connectivity index (χ3v) is 4.82. The van der Waals surface area contributed by atoms with Crippen molar-refractivity contribution in [1.82, 2.24) is 5.32 Å². The standard InChI is InChI=1S/C14H18N2OS/c1-2-11-5-6-12(18-11)9-16-13(17)14(10-15)7-3-4-8-14/h5-6H,2-4,7-9H2,1H3,(H,16,17). The Balaban J connectivity index is 1.94. The van der Waals surface area contributed by atoms with Crippen LogP contribution in [0.4, 0.5) is 0 Å². The summed E-state index contributed by atoms with van der Waals surface area (Å²) in [4.78, 5) is 14.6. The van der Waals surface area contributed by atoms with Gasteiger partial charge in [0.05, 0.1) is 12.6 Å². The fourth-order valence-corrected chi connectivity index (χ4v) is 3.31. The summed E-state index contributed by atoms with van der Waals surface area (Å²) >= 11 is 1.73. The van der Waals surface area contributed by atoms with Crippen LogP contribution in [0.1, 0.15) is 42.4 Å². The van der Waals surface area contributed by atoms with E-state index in [1.54, 1.807) is 11.3 Å². The van der Waals surface area contributed by atoms with Gasteiger partial charge in [0, 0.05) is 9.75 Å². The van der Waals surface area contributed by atoms with E-state index in [-0.39, 0.29) is 5.91 Å². The molecule has 18 heavy (non-hydrogen) atoms. The van der Waals surface area contributed by atoms with Gasteiger partial charge >= 0.3 is 0 Å². The number of hydrogen-bond acceptors (Lipinski definition) is 3. The summed E-state index contributed by atoms with van der Waals surface area (Å²) in [6.45, 7) is 2.67. The topological polar surface area (TPSA) is 52.9 Å². The quantitative estimate of drug-likeness (QED) is 0.906. The van der Waals surface area contributed by atoms with Crippen molar-refractivity contribution in [1.29, 1.82) is 5.26 Å². The molecule has 1 fully saturated rings. The van der Waals surface area contributed by atoms with Crippen LogP contribution < -0.4 is 5.32 Å². The number of nitrogens with zero attached hydrogens (tertiary/aromatic N) is 1. The normalized spacial score (nSPS) is 17.3. The second-order valence-corrected chi connectivity index (χ2v) is 6.06. The molecule has 1 N–H and O–H groups in total. The zero-order valence-electron chi connectivity index (χ0n) is 10.7. The molecule has 1 aromatic heterocycles. The summed E-state index contributed by atoms with van der Waals surface area (Å²) in [6.07, 6.45) is 4.42. The number of aryl methyl sites for hydroxylation is 1. The van der Waals surface area contributed by atoms with Gasteiger partial charge in [-0.05, 0) is 31.4 Å². The fraction of sp³-hybridized carbons (Fsp3) is 0.571. The third-order valence-electron chi connectivity index (χ3n) is 3.59. The van der Waals surface area contributed by atoms with Crippen molar-refractivity contribution in [3.8, 4) is 6.07 Å². The minimum Gasteiger partial charge on any atom is -0.350 e. The first-order valence-corrected chi connectivity index (χ1v) is 7.29. The van der Waals surface area contributed by atoms with Crippen LogP contribution in [-0.4, -0.2) is 5.91 Å². The summed E-state index contributed by atoms with van der Waals surface area (Å²) in [5.41, 5.74) is -0.759. The molecule has 1 heterocycles. The average Bonchev–Trinajstić information content (AvgIpc) is 3.05.